The highest BCUT2D eigenvalue weighted by atomic mass is 35.5. The molecule has 0 aliphatic carbocycles. The van der Waals surface area contributed by atoms with Crippen molar-refractivity contribution >= 4 is 11.6 Å². The van der Waals surface area contributed by atoms with Crippen molar-refractivity contribution in [3.05, 3.63) is 0 Å². The van der Waals surface area contributed by atoms with Crippen LogP contribution >= 0.6 is 11.6 Å². The molecule has 2 nitrogen and oxygen atoms in total. The predicted octanol–water partition coefficient (Wildman–Crippen LogP) is 1.97. The topological polar surface area (TPSA) is 12.5 Å². The fourth-order valence-electron chi connectivity index (χ4n) is 0.809. The fraction of sp³-hybridized carbons (Fsp3) is 1.00. The summed E-state index contributed by atoms with van der Waals surface area (Å²) in [5.41, 5.74) is 0.0499. The van der Waals surface area contributed by atoms with Gasteiger partial charge in [0.05, 0.1) is 6.10 Å². The third-order valence-electron chi connectivity index (χ3n) is 2.29. The third-order valence-corrected chi connectivity index (χ3v) is 2.95. The van der Waals surface area contributed by atoms with Gasteiger partial charge >= 0.3 is 0 Å². The zero-order chi connectivity index (χ0) is 9.78. The van der Waals surface area contributed by atoms with E-state index in [2.05, 4.69) is 32.7 Å². The molecule has 0 rings (SSSR count). The van der Waals surface area contributed by atoms with Gasteiger partial charge in [-0.15, -0.1) is 11.6 Å². The Hall–Kier alpha value is 0.210. The van der Waals surface area contributed by atoms with Crippen LogP contribution in [0.4, 0.5) is 0 Å². The van der Waals surface area contributed by atoms with Crippen molar-refractivity contribution in [2.24, 2.45) is 0 Å². The second-order valence-electron chi connectivity index (χ2n) is 3.87. The monoisotopic (exact) mass is 193 g/mol. The Bertz CT molecular complexity index is 128. The van der Waals surface area contributed by atoms with Gasteiger partial charge in [0.25, 0.3) is 0 Å². The lowest BCUT2D eigenvalue weighted by Gasteiger charge is -2.35. The number of hydrogen-bond donors (Lipinski definition) is 0. The minimum Gasteiger partial charge on any atom is -0.380 e. The molecule has 0 spiro atoms. The van der Waals surface area contributed by atoms with Crippen molar-refractivity contribution in [3.63, 3.8) is 0 Å². The number of nitrogens with zero attached hydrogens (tertiary/aromatic N) is 1. The summed E-state index contributed by atoms with van der Waals surface area (Å²) in [6.45, 7) is 7.22. The maximum atomic E-state index is 5.83. The second kappa shape index (κ2) is 5.05. The van der Waals surface area contributed by atoms with Gasteiger partial charge in [-0.2, -0.15) is 0 Å². The maximum Gasteiger partial charge on any atom is 0.0670 e. The summed E-state index contributed by atoms with van der Waals surface area (Å²) in [6.07, 6.45) is 0.262. The summed E-state index contributed by atoms with van der Waals surface area (Å²) < 4.78 is 5.18. The van der Waals surface area contributed by atoms with Crippen LogP contribution in [0, 0.1) is 0 Å². The minimum atomic E-state index is 0.0499. The first kappa shape index (κ1) is 12.2. The molecule has 74 valence electrons. The standard InChI is InChI=1S/C9H20ClNO/c1-8(12-5)6-11(4)9(2,3)7-10/h8H,6-7H2,1-5H3. The van der Waals surface area contributed by atoms with E-state index < -0.39 is 0 Å². The fourth-order valence-corrected chi connectivity index (χ4v) is 1.01. The molecule has 0 saturated heterocycles. The average Bonchev–Trinajstić information content (AvgIpc) is 2.04. The van der Waals surface area contributed by atoms with E-state index in [-0.39, 0.29) is 11.6 Å². The van der Waals surface area contributed by atoms with Crippen molar-refractivity contribution in [3.8, 4) is 0 Å². The van der Waals surface area contributed by atoms with E-state index in [4.69, 9.17) is 16.3 Å². The molecule has 0 saturated carbocycles. The van der Waals surface area contributed by atoms with Crippen molar-refractivity contribution in [2.75, 3.05) is 26.6 Å². The van der Waals surface area contributed by atoms with Gasteiger partial charge in [0.15, 0.2) is 0 Å². The van der Waals surface area contributed by atoms with Gasteiger partial charge in [0.1, 0.15) is 0 Å². The van der Waals surface area contributed by atoms with E-state index in [1.807, 2.05) is 0 Å². The molecule has 1 unspecified atom stereocenters. The lowest BCUT2D eigenvalue weighted by molar-refractivity contribution is 0.0556. The molecule has 0 heterocycles. The van der Waals surface area contributed by atoms with Gasteiger partial charge in [-0.3, -0.25) is 4.90 Å². The lowest BCUT2D eigenvalue weighted by atomic mass is 10.1. The molecule has 0 aromatic heterocycles. The zero-order valence-electron chi connectivity index (χ0n) is 8.72. The molecule has 12 heavy (non-hydrogen) atoms. The van der Waals surface area contributed by atoms with Gasteiger partial charge in [-0.25, -0.2) is 0 Å². The van der Waals surface area contributed by atoms with Crippen LogP contribution in [0.15, 0.2) is 0 Å². The Morgan fingerprint density at radius 3 is 2.33 bits per heavy atom. The average molecular weight is 194 g/mol. The summed E-state index contributed by atoms with van der Waals surface area (Å²) in [6, 6.07) is 0. The predicted molar refractivity (Wildman–Crippen MR) is 53.9 cm³/mol. The highest BCUT2D eigenvalue weighted by molar-refractivity contribution is 6.18. The van der Waals surface area contributed by atoms with Crippen LogP contribution in [0.5, 0.6) is 0 Å². The first-order valence-electron chi connectivity index (χ1n) is 4.24. The van der Waals surface area contributed by atoms with Gasteiger partial charge in [-0.05, 0) is 27.8 Å². The highest BCUT2D eigenvalue weighted by Crippen LogP contribution is 2.14. The first-order valence-corrected chi connectivity index (χ1v) is 4.77. The smallest absolute Gasteiger partial charge is 0.0670 e. The molecule has 1 atom stereocenters. The number of likely N-dealkylation sites (N-methyl/N-ethyl adjacent to an activating group) is 1. The van der Waals surface area contributed by atoms with E-state index >= 15 is 0 Å². The van der Waals surface area contributed by atoms with Crippen LogP contribution < -0.4 is 0 Å². The molecule has 3 heteroatoms. The number of rotatable bonds is 5. The van der Waals surface area contributed by atoms with Crippen molar-refractivity contribution in [1.29, 1.82) is 0 Å². The zero-order valence-corrected chi connectivity index (χ0v) is 9.48. The number of ether oxygens (including phenoxy) is 1. The van der Waals surface area contributed by atoms with Crippen LogP contribution in [-0.2, 0) is 4.74 Å². The maximum absolute atomic E-state index is 5.83. The second-order valence-corrected chi connectivity index (χ2v) is 4.14. The molecular formula is C9H20ClNO. The molecular weight excluding hydrogens is 174 g/mol. The first-order chi connectivity index (χ1) is 5.44. The Kier molecular flexibility index (Phi) is 5.14. The van der Waals surface area contributed by atoms with Crippen LogP contribution in [0.2, 0.25) is 0 Å². The number of alkyl halides is 1. The van der Waals surface area contributed by atoms with E-state index in [1.54, 1.807) is 7.11 Å². The molecule has 0 amide bonds. The summed E-state index contributed by atoms with van der Waals surface area (Å²) in [5.74, 6) is 0.639. The molecule has 0 aliphatic heterocycles. The molecule has 0 aliphatic rings. The molecule has 0 fully saturated rings. The molecule has 0 aromatic carbocycles. The molecule has 0 aromatic rings. The van der Waals surface area contributed by atoms with Crippen LogP contribution in [0.1, 0.15) is 20.8 Å². The number of methoxy groups -OCH3 is 1. The Morgan fingerprint density at radius 1 is 1.50 bits per heavy atom. The number of hydrogen-bond acceptors (Lipinski definition) is 2. The van der Waals surface area contributed by atoms with Gasteiger partial charge in [0, 0.05) is 25.1 Å². The van der Waals surface area contributed by atoms with Gasteiger partial charge < -0.3 is 4.74 Å². The third kappa shape index (κ3) is 3.74. The van der Waals surface area contributed by atoms with E-state index in [9.17, 15) is 0 Å². The lowest BCUT2D eigenvalue weighted by Crippen LogP contribution is -2.46. The largest absolute Gasteiger partial charge is 0.380 e. The Morgan fingerprint density at radius 2 is 2.00 bits per heavy atom. The SMILES string of the molecule is COC(C)CN(C)C(C)(C)CCl. The van der Waals surface area contributed by atoms with Crippen LogP contribution in [-0.4, -0.2) is 43.1 Å². The van der Waals surface area contributed by atoms with Gasteiger partial charge in [-0.1, -0.05) is 0 Å². The molecule has 0 bridgehead atoms. The van der Waals surface area contributed by atoms with E-state index in [0.717, 1.165) is 6.54 Å². The van der Waals surface area contributed by atoms with Crippen LogP contribution in [0.3, 0.4) is 0 Å². The summed E-state index contributed by atoms with van der Waals surface area (Å²) in [5, 5.41) is 0. The van der Waals surface area contributed by atoms with Crippen molar-refractivity contribution < 1.29 is 4.74 Å². The summed E-state index contributed by atoms with van der Waals surface area (Å²) >= 11 is 5.83. The highest BCUT2D eigenvalue weighted by Gasteiger charge is 2.23. The summed E-state index contributed by atoms with van der Waals surface area (Å²) in [7, 11) is 3.80. The summed E-state index contributed by atoms with van der Waals surface area (Å²) in [4.78, 5) is 2.22. The van der Waals surface area contributed by atoms with Crippen molar-refractivity contribution in [2.45, 2.75) is 32.4 Å². The number of halogens is 1. The van der Waals surface area contributed by atoms with E-state index in [1.165, 1.54) is 0 Å². The minimum absolute atomic E-state index is 0.0499. The quantitative estimate of drug-likeness (QED) is 0.620. The van der Waals surface area contributed by atoms with Gasteiger partial charge in [0.2, 0.25) is 0 Å². The molecule has 0 N–H and O–H groups in total. The normalized spacial score (nSPS) is 15.2. The van der Waals surface area contributed by atoms with E-state index in [0.29, 0.717) is 5.88 Å². The van der Waals surface area contributed by atoms with Crippen molar-refractivity contribution in [1.82, 2.24) is 4.90 Å². The van der Waals surface area contributed by atoms with Crippen LogP contribution in [0.25, 0.3) is 0 Å². The Balaban J connectivity index is 3.93. The Labute approximate surface area is 80.8 Å². The molecule has 0 radical (unpaired) electrons.